The fourth-order valence-electron chi connectivity index (χ4n) is 2.26. The van der Waals surface area contributed by atoms with Crippen LogP contribution in [0, 0.1) is 5.82 Å². The van der Waals surface area contributed by atoms with E-state index >= 15 is 0 Å². The summed E-state index contributed by atoms with van der Waals surface area (Å²) in [4.78, 5) is 28.2. The number of nitrogens with zero attached hydrogens (tertiary/aromatic N) is 1. The van der Waals surface area contributed by atoms with Gasteiger partial charge in [-0.3, -0.25) is 15.4 Å². The van der Waals surface area contributed by atoms with Crippen LogP contribution in [0.3, 0.4) is 0 Å². The molecule has 1 aromatic heterocycles. The lowest BCUT2D eigenvalue weighted by Crippen LogP contribution is -2.35. The zero-order chi connectivity index (χ0) is 19.6. The number of fused-ring (bicyclic) bond motifs is 1. The van der Waals surface area contributed by atoms with Gasteiger partial charge in [-0.1, -0.05) is 35.1 Å². The summed E-state index contributed by atoms with van der Waals surface area (Å²) in [5.74, 6) is -1.85. The molecule has 0 saturated carbocycles. The van der Waals surface area contributed by atoms with Crippen molar-refractivity contribution in [2.75, 3.05) is 5.32 Å². The van der Waals surface area contributed by atoms with Crippen LogP contribution in [0.5, 0.6) is 0 Å². The van der Waals surface area contributed by atoms with E-state index in [1.807, 2.05) is 5.32 Å². The molecule has 0 aliphatic carbocycles. The molecule has 0 fully saturated rings. The molecule has 3 N–H and O–H groups in total. The number of benzene rings is 2. The van der Waals surface area contributed by atoms with E-state index in [2.05, 4.69) is 10.3 Å². The standard InChI is InChI=1S/C16H11ClFN3O4S2/c17-9-2-1-3-10(18)13(9)14(22)20-15(23)21-16-19-11-5-4-8(7-27(24)25)6-12(11)26-16/h1-6H,7H2,(H,24,25)(H2,19,20,21,22,23). The number of carbonyl (C=O) groups is 2. The van der Waals surface area contributed by atoms with Gasteiger partial charge in [0.2, 0.25) is 0 Å². The Morgan fingerprint density at radius 2 is 2.07 bits per heavy atom. The van der Waals surface area contributed by atoms with Crippen LogP contribution >= 0.6 is 22.9 Å². The highest BCUT2D eigenvalue weighted by atomic mass is 35.5. The van der Waals surface area contributed by atoms with Gasteiger partial charge in [-0.25, -0.2) is 18.4 Å². The molecule has 1 atom stereocenters. The minimum absolute atomic E-state index is 0.0189. The van der Waals surface area contributed by atoms with Crippen LogP contribution in [-0.2, 0) is 16.8 Å². The molecule has 0 bridgehead atoms. The molecule has 27 heavy (non-hydrogen) atoms. The molecule has 3 amide bonds. The number of anilines is 1. The predicted molar refractivity (Wildman–Crippen MR) is 102 cm³/mol. The second-order valence-electron chi connectivity index (χ2n) is 5.29. The highest BCUT2D eigenvalue weighted by molar-refractivity contribution is 7.78. The average Bonchev–Trinajstić information content (AvgIpc) is 2.95. The molecule has 11 heteroatoms. The molecular formula is C16H11ClFN3O4S2. The van der Waals surface area contributed by atoms with Gasteiger partial charge in [0.05, 0.1) is 26.6 Å². The molecule has 3 rings (SSSR count). The van der Waals surface area contributed by atoms with Gasteiger partial charge in [-0.05, 0) is 29.8 Å². The molecule has 2 aromatic carbocycles. The Balaban J connectivity index is 1.72. The monoisotopic (exact) mass is 427 g/mol. The molecule has 0 aliphatic heterocycles. The van der Waals surface area contributed by atoms with Crippen molar-refractivity contribution in [3.05, 3.63) is 58.4 Å². The van der Waals surface area contributed by atoms with Crippen molar-refractivity contribution in [2.24, 2.45) is 0 Å². The first kappa shape index (κ1) is 19.4. The Morgan fingerprint density at radius 3 is 2.78 bits per heavy atom. The molecule has 1 heterocycles. The number of urea groups is 1. The number of imide groups is 1. The summed E-state index contributed by atoms with van der Waals surface area (Å²) in [7, 11) is 0. The summed E-state index contributed by atoms with van der Waals surface area (Å²) < 4.78 is 34.2. The van der Waals surface area contributed by atoms with Gasteiger partial charge in [0.15, 0.2) is 16.2 Å². The van der Waals surface area contributed by atoms with Crippen LogP contribution in [0.2, 0.25) is 5.02 Å². The Hall–Kier alpha value is -2.40. The van der Waals surface area contributed by atoms with Crippen LogP contribution in [0.25, 0.3) is 10.2 Å². The smallest absolute Gasteiger partial charge is 0.306 e. The van der Waals surface area contributed by atoms with Gasteiger partial charge in [0.1, 0.15) is 5.82 Å². The fourth-order valence-corrected chi connectivity index (χ4v) is 3.90. The topological polar surface area (TPSA) is 108 Å². The van der Waals surface area contributed by atoms with E-state index in [1.165, 1.54) is 12.1 Å². The van der Waals surface area contributed by atoms with E-state index in [-0.39, 0.29) is 15.9 Å². The first-order valence-corrected chi connectivity index (χ1v) is 9.84. The third kappa shape index (κ3) is 4.66. The highest BCUT2D eigenvalue weighted by Gasteiger charge is 2.18. The quantitative estimate of drug-likeness (QED) is 0.549. The Bertz CT molecular complexity index is 1050. The molecule has 7 nitrogen and oxygen atoms in total. The highest BCUT2D eigenvalue weighted by Crippen LogP contribution is 2.27. The van der Waals surface area contributed by atoms with E-state index in [9.17, 15) is 18.2 Å². The van der Waals surface area contributed by atoms with Crippen molar-refractivity contribution >= 4 is 61.3 Å². The molecule has 0 radical (unpaired) electrons. The normalized spacial score (nSPS) is 12.0. The van der Waals surface area contributed by atoms with Crippen molar-refractivity contribution in [3.8, 4) is 0 Å². The van der Waals surface area contributed by atoms with Gasteiger partial charge in [0.25, 0.3) is 5.91 Å². The lowest BCUT2D eigenvalue weighted by atomic mass is 10.2. The summed E-state index contributed by atoms with van der Waals surface area (Å²) in [6.45, 7) is 0. The molecule has 0 spiro atoms. The maximum absolute atomic E-state index is 13.7. The summed E-state index contributed by atoms with van der Waals surface area (Å²) >= 11 is 4.95. The first-order chi connectivity index (χ1) is 12.8. The third-order valence-electron chi connectivity index (χ3n) is 3.38. The number of amides is 3. The largest absolute Gasteiger partial charge is 0.327 e. The number of thiazole rings is 1. The third-order valence-corrected chi connectivity index (χ3v) is 5.21. The van der Waals surface area contributed by atoms with Gasteiger partial charge >= 0.3 is 6.03 Å². The average molecular weight is 428 g/mol. The SMILES string of the molecule is O=C(NC(=O)c1c(F)cccc1Cl)Nc1nc2ccc(CS(=O)O)cc2s1. The van der Waals surface area contributed by atoms with Gasteiger partial charge in [-0.2, -0.15) is 0 Å². The zero-order valence-electron chi connectivity index (χ0n) is 13.4. The number of hydrogen-bond acceptors (Lipinski definition) is 5. The lowest BCUT2D eigenvalue weighted by Gasteiger charge is -2.06. The van der Waals surface area contributed by atoms with Crippen LogP contribution in [0.15, 0.2) is 36.4 Å². The summed E-state index contributed by atoms with van der Waals surface area (Å²) in [6, 6.07) is 7.84. The Kier molecular flexibility index (Phi) is 5.80. The van der Waals surface area contributed by atoms with E-state index in [0.29, 0.717) is 15.8 Å². The molecule has 3 aromatic rings. The number of nitrogens with one attached hydrogen (secondary N) is 2. The zero-order valence-corrected chi connectivity index (χ0v) is 15.8. The van der Waals surface area contributed by atoms with E-state index in [0.717, 1.165) is 17.4 Å². The summed E-state index contributed by atoms with van der Waals surface area (Å²) in [6.07, 6.45) is 0. The van der Waals surface area contributed by atoms with Crippen LogP contribution in [-0.4, -0.2) is 25.7 Å². The van der Waals surface area contributed by atoms with Crippen molar-refractivity contribution in [1.29, 1.82) is 0 Å². The van der Waals surface area contributed by atoms with Crippen molar-refractivity contribution < 1.29 is 22.7 Å². The molecule has 1 unspecified atom stereocenters. The number of carbonyl (C=O) groups excluding carboxylic acids is 2. The minimum atomic E-state index is -1.97. The predicted octanol–water partition coefficient (Wildman–Crippen LogP) is 3.77. The van der Waals surface area contributed by atoms with E-state index < -0.39 is 34.4 Å². The van der Waals surface area contributed by atoms with E-state index in [1.54, 1.807) is 18.2 Å². The van der Waals surface area contributed by atoms with Gasteiger partial charge < -0.3 is 4.55 Å². The number of halogens is 2. The fraction of sp³-hybridized carbons (Fsp3) is 0.0625. The van der Waals surface area contributed by atoms with Crippen LogP contribution < -0.4 is 10.6 Å². The second kappa shape index (κ2) is 8.09. The number of aromatic nitrogens is 1. The van der Waals surface area contributed by atoms with Gasteiger partial charge in [0, 0.05) is 0 Å². The maximum Gasteiger partial charge on any atom is 0.327 e. The van der Waals surface area contributed by atoms with Gasteiger partial charge in [-0.15, -0.1) is 0 Å². The van der Waals surface area contributed by atoms with Crippen LogP contribution in [0.4, 0.5) is 14.3 Å². The number of rotatable bonds is 4. The summed E-state index contributed by atoms with van der Waals surface area (Å²) in [5, 5.41) is 4.47. The molecule has 0 saturated heterocycles. The Morgan fingerprint density at radius 1 is 1.30 bits per heavy atom. The number of hydrogen-bond donors (Lipinski definition) is 3. The molecule has 0 aliphatic rings. The van der Waals surface area contributed by atoms with Crippen molar-refractivity contribution in [1.82, 2.24) is 10.3 Å². The molecular weight excluding hydrogens is 417 g/mol. The van der Waals surface area contributed by atoms with Crippen molar-refractivity contribution in [3.63, 3.8) is 0 Å². The molecule has 140 valence electrons. The Labute approximate surface area is 163 Å². The van der Waals surface area contributed by atoms with E-state index in [4.69, 9.17) is 16.2 Å². The second-order valence-corrected chi connectivity index (χ2v) is 7.66. The summed E-state index contributed by atoms with van der Waals surface area (Å²) in [5.41, 5.74) is 0.791. The first-order valence-electron chi connectivity index (χ1n) is 7.37. The maximum atomic E-state index is 13.7. The minimum Gasteiger partial charge on any atom is -0.306 e. The lowest BCUT2D eigenvalue weighted by molar-refractivity contribution is 0.0963. The van der Waals surface area contributed by atoms with Crippen LogP contribution in [0.1, 0.15) is 15.9 Å². The van der Waals surface area contributed by atoms with Crippen molar-refractivity contribution in [2.45, 2.75) is 5.75 Å².